The molecule has 0 bridgehead atoms. The van der Waals surface area contributed by atoms with E-state index in [9.17, 15) is 4.39 Å². The second-order valence-corrected chi connectivity index (χ2v) is 6.49. The molecule has 124 valence electrons. The number of hydrogen-bond donors (Lipinski definition) is 1. The van der Waals surface area contributed by atoms with E-state index in [1.54, 1.807) is 30.5 Å². The second-order valence-electron chi connectivity index (χ2n) is 5.46. The van der Waals surface area contributed by atoms with Crippen molar-refractivity contribution in [3.05, 3.63) is 58.0 Å². The molecule has 5 heteroatoms. The maximum atomic E-state index is 13.1. The Morgan fingerprint density at radius 2 is 2.13 bits per heavy atom. The third-order valence-electron chi connectivity index (χ3n) is 3.66. The highest BCUT2D eigenvalue weighted by Gasteiger charge is 2.06. The van der Waals surface area contributed by atoms with Crippen molar-refractivity contribution in [3.63, 3.8) is 0 Å². The Morgan fingerprint density at radius 1 is 1.26 bits per heavy atom. The first-order valence-corrected chi connectivity index (χ1v) is 8.75. The maximum absolute atomic E-state index is 13.1. The molecule has 0 aliphatic carbocycles. The van der Waals surface area contributed by atoms with Gasteiger partial charge in [0.25, 0.3) is 0 Å². The van der Waals surface area contributed by atoms with E-state index in [1.807, 2.05) is 6.07 Å². The van der Waals surface area contributed by atoms with Crippen LogP contribution in [0.3, 0.4) is 0 Å². The van der Waals surface area contributed by atoms with Crippen LogP contribution in [0.15, 0.2) is 46.8 Å². The molecule has 1 aromatic carbocycles. The monoisotopic (exact) mass is 333 g/mol. The van der Waals surface area contributed by atoms with Crippen LogP contribution in [-0.4, -0.2) is 38.0 Å². The summed E-state index contributed by atoms with van der Waals surface area (Å²) in [5.74, 6) is 0.736. The van der Waals surface area contributed by atoms with Crippen LogP contribution in [0.2, 0.25) is 0 Å². The molecule has 3 nitrogen and oxygen atoms in total. The lowest BCUT2D eigenvalue weighted by atomic mass is 10.1. The highest BCUT2D eigenvalue weighted by atomic mass is 32.1. The van der Waals surface area contributed by atoms with Crippen molar-refractivity contribution >= 4 is 17.3 Å². The summed E-state index contributed by atoms with van der Waals surface area (Å²) in [6.07, 6.45) is 2.83. The summed E-state index contributed by atoms with van der Waals surface area (Å²) in [4.78, 5) is 7.85. The van der Waals surface area contributed by atoms with Crippen LogP contribution in [-0.2, 0) is 12.8 Å². The number of likely N-dealkylation sites (N-methyl/N-ethyl adjacent to an activating group) is 1. The summed E-state index contributed by atoms with van der Waals surface area (Å²) in [7, 11) is 3.85. The topological polar surface area (TPSA) is 27.6 Å². The zero-order chi connectivity index (χ0) is 16.5. The van der Waals surface area contributed by atoms with Crippen LogP contribution < -0.4 is 5.32 Å². The van der Waals surface area contributed by atoms with Crippen molar-refractivity contribution < 1.29 is 4.39 Å². The number of aryl methyl sites for hydroxylation is 1. The summed E-state index contributed by atoms with van der Waals surface area (Å²) in [5.41, 5.74) is 1.04. The standard InChI is InChI=1S/C18H24FN3S/c1-20-18(22(2)12-10-17-9-5-13-23-17)21-11-4-7-15-6-3-8-16(19)14-15/h3,5-6,8-9,13-14H,4,7,10-12H2,1-2H3,(H,20,21). The number of hydrogen-bond acceptors (Lipinski definition) is 2. The van der Waals surface area contributed by atoms with Gasteiger partial charge in [-0.2, -0.15) is 0 Å². The van der Waals surface area contributed by atoms with E-state index in [0.29, 0.717) is 0 Å². The number of halogens is 1. The molecule has 0 unspecified atom stereocenters. The molecule has 0 atom stereocenters. The van der Waals surface area contributed by atoms with E-state index in [0.717, 1.165) is 43.9 Å². The summed E-state index contributed by atoms with van der Waals surface area (Å²) < 4.78 is 13.1. The Morgan fingerprint density at radius 3 is 2.83 bits per heavy atom. The van der Waals surface area contributed by atoms with Gasteiger partial charge in [-0.1, -0.05) is 18.2 Å². The fourth-order valence-electron chi connectivity index (χ4n) is 2.41. The van der Waals surface area contributed by atoms with E-state index in [2.05, 4.69) is 39.8 Å². The minimum absolute atomic E-state index is 0.167. The average molecular weight is 333 g/mol. The number of nitrogens with one attached hydrogen (secondary N) is 1. The zero-order valence-corrected chi connectivity index (χ0v) is 14.6. The largest absolute Gasteiger partial charge is 0.356 e. The third-order valence-corrected chi connectivity index (χ3v) is 4.60. The maximum Gasteiger partial charge on any atom is 0.193 e. The Bertz CT molecular complexity index is 610. The Hall–Kier alpha value is -1.88. The Balaban J connectivity index is 1.69. The molecule has 0 aliphatic rings. The van der Waals surface area contributed by atoms with Gasteiger partial charge in [0.05, 0.1) is 0 Å². The molecule has 1 N–H and O–H groups in total. The van der Waals surface area contributed by atoms with E-state index >= 15 is 0 Å². The highest BCUT2D eigenvalue weighted by molar-refractivity contribution is 7.09. The first-order valence-electron chi connectivity index (χ1n) is 7.87. The van der Waals surface area contributed by atoms with Crippen molar-refractivity contribution in [2.24, 2.45) is 4.99 Å². The summed E-state index contributed by atoms with van der Waals surface area (Å²) in [6.45, 7) is 1.76. The highest BCUT2D eigenvalue weighted by Crippen LogP contribution is 2.09. The average Bonchev–Trinajstić information content (AvgIpc) is 3.06. The van der Waals surface area contributed by atoms with Crippen molar-refractivity contribution in [2.45, 2.75) is 19.3 Å². The van der Waals surface area contributed by atoms with Crippen molar-refractivity contribution in [1.29, 1.82) is 0 Å². The van der Waals surface area contributed by atoms with Gasteiger partial charge in [0, 0.05) is 32.1 Å². The molecule has 0 saturated carbocycles. The SMILES string of the molecule is CN=C(NCCCc1cccc(F)c1)N(C)CCc1cccs1. The van der Waals surface area contributed by atoms with Crippen LogP contribution in [0.5, 0.6) is 0 Å². The number of nitrogens with zero attached hydrogens (tertiary/aromatic N) is 2. The summed E-state index contributed by atoms with van der Waals surface area (Å²) >= 11 is 1.79. The lowest BCUT2D eigenvalue weighted by Gasteiger charge is -2.21. The van der Waals surface area contributed by atoms with Gasteiger partial charge in [-0.15, -0.1) is 11.3 Å². The van der Waals surface area contributed by atoms with Crippen molar-refractivity contribution in [1.82, 2.24) is 10.2 Å². The van der Waals surface area contributed by atoms with Gasteiger partial charge in [-0.25, -0.2) is 4.39 Å². The minimum Gasteiger partial charge on any atom is -0.356 e. The van der Waals surface area contributed by atoms with Gasteiger partial charge in [0.2, 0.25) is 0 Å². The molecule has 0 spiro atoms. The minimum atomic E-state index is -0.167. The molecule has 0 saturated heterocycles. The molecule has 2 aromatic rings. The smallest absolute Gasteiger partial charge is 0.193 e. The van der Waals surface area contributed by atoms with Crippen LogP contribution >= 0.6 is 11.3 Å². The predicted octanol–water partition coefficient (Wildman–Crippen LogP) is 3.57. The van der Waals surface area contributed by atoms with Gasteiger partial charge in [-0.05, 0) is 48.4 Å². The van der Waals surface area contributed by atoms with Gasteiger partial charge < -0.3 is 10.2 Å². The first-order chi connectivity index (χ1) is 11.2. The molecule has 1 aromatic heterocycles. The fraction of sp³-hybridized carbons (Fsp3) is 0.389. The molecule has 23 heavy (non-hydrogen) atoms. The number of thiophene rings is 1. The van der Waals surface area contributed by atoms with E-state index < -0.39 is 0 Å². The molecule has 0 aliphatic heterocycles. The predicted molar refractivity (Wildman–Crippen MR) is 96.7 cm³/mol. The third kappa shape index (κ3) is 6.02. The quantitative estimate of drug-likeness (QED) is 0.476. The van der Waals surface area contributed by atoms with Crippen molar-refractivity contribution in [3.8, 4) is 0 Å². The van der Waals surface area contributed by atoms with E-state index in [-0.39, 0.29) is 5.82 Å². The van der Waals surface area contributed by atoms with Crippen LogP contribution in [0, 0.1) is 5.82 Å². The van der Waals surface area contributed by atoms with Crippen molar-refractivity contribution in [2.75, 3.05) is 27.2 Å². The molecular weight excluding hydrogens is 309 g/mol. The second kappa shape index (κ2) is 9.30. The van der Waals surface area contributed by atoms with Crippen LogP contribution in [0.4, 0.5) is 4.39 Å². The summed E-state index contributed by atoms with van der Waals surface area (Å²) in [6, 6.07) is 11.0. The number of benzene rings is 1. The number of aliphatic imine (C=N–C) groups is 1. The lowest BCUT2D eigenvalue weighted by Crippen LogP contribution is -2.40. The van der Waals surface area contributed by atoms with Gasteiger partial charge in [0.15, 0.2) is 5.96 Å². The molecule has 2 rings (SSSR count). The van der Waals surface area contributed by atoms with Gasteiger partial charge in [0.1, 0.15) is 5.82 Å². The molecule has 1 heterocycles. The normalized spacial score (nSPS) is 11.5. The van der Waals surface area contributed by atoms with Gasteiger partial charge >= 0.3 is 0 Å². The first kappa shape index (κ1) is 17.5. The lowest BCUT2D eigenvalue weighted by molar-refractivity contribution is 0.485. The molecular formula is C18H24FN3S. The summed E-state index contributed by atoms with van der Waals surface area (Å²) in [5, 5.41) is 5.48. The van der Waals surface area contributed by atoms with E-state index in [4.69, 9.17) is 0 Å². The van der Waals surface area contributed by atoms with E-state index in [1.165, 1.54) is 10.9 Å². The molecule has 0 radical (unpaired) electrons. The molecule has 0 amide bonds. The Kier molecular flexibility index (Phi) is 7.07. The fourth-order valence-corrected chi connectivity index (χ4v) is 3.11. The number of guanidine groups is 1. The zero-order valence-electron chi connectivity index (χ0n) is 13.8. The van der Waals surface area contributed by atoms with Gasteiger partial charge in [-0.3, -0.25) is 4.99 Å². The molecule has 0 fully saturated rings. The number of rotatable bonds is 7. The van der Waals surface area contributed by atoms with Crippen LogP contribution in [0.1, 0.15) is 16.9 Å². The Labute approximate surface area is 141 Å². The van der Waals surface area contributed by atoms with Crippen LogP contribution in [0.25, 0.3) is 0 Å².